The van der Waals surface area contributed by atoms with Crippen LogP contribution in [-0.2, 0) is 4.79 Å². The standard InChI is InChI=1S/C21H23N3O4/c1-3-14(2)19(23-20(25)16-7-5-4-6-8-16)21(26)24-22-12-15-9-10-17-18(11-15)28-13-27-17/h4-12,14,19H,3,13H2,1-2H3,(H,23,25)(H,24,26)/t14-,19-/m0/s1. The summed E-state index contributed by atoms with van der Waals surface area (Å²) < 4.78 is 10.6. The maximum Gasteiger partial charge on any atom is 0.262 e. The van der Waals surface area contributed by atoms with Gasteiger partial charge in [0.05, 0.1) is 6.21 Å². The van der Waals surface area contributed by atoms with Crippen molar-refractivity contribution in [1.29, 1.82) is 0 Å². The number of carbonyl (C=O) groups excluding carboxylic acids is 2. The fraction of sp³-hybridized carbons (Fsp3) is 0.286. The molecular formula is C21H23N3O4. The molecule has 2 amide bonds. The van der Waals surface area contributed by atoms with Crippen molar-refractivity contribution >= 4 is 18.0 Å². The minimum absolute atomic E-state index is 0.0478. The number of amides is 2. The van der Waals surface area contributed by atoms with E-state index in [1.807, 2.05) is 26.0 Å². The van der Waals surface area contributed by atoms with Crippen LogP contribution in [0.15, 0.2) is 53.6 Å². The van der Waals surface area contributed by atoms with Gasteiger partial charge in [-0.3, -0.25) is 9.59 Å². The van der Waals surface area contributed by atoms with E-state index in [0.29, 0.717) is 17.1 Å². The molecule has 2 atom stereocenters. The Morgan fingerprint density at radius 1 is 1.14 bits per heavy atom. The summed E-state index contributed by atoms with van der Waals surface area (Å²) in [5.74, 6) is 0.620. The van der Waals surface area contributed by atoms with Gasteiger partial charge in [-0.1, -0.05) is 38.5 Å². The minimum Gasteiger partial charge on any atom is -0.454 e. The summed E-state index contributed by atoms with van der Waals surface area (Å²) in [6.45, 7) is 4.08. The summed E-state index contributed by atoms with van der Waals surface area (Å²) in [6, 6.07) is 13.5. The highest BCUT2D eigenvalue weighted by atomic mass is 16.7. The molecular weight excluding hydrogens is 358 g/mol. The molecule has 1 aliphatic heterocycles. The Morgan fingerprint density at radius 3 is 2.64 bits per heavy atom. The maximum absolute atomic E-state index is 12.6. The Kier molecular flexibility index (Phi) is 6.26. The average Bonchev–Trinajstić information content (AvgIpc) is 3.19. The van der Waals surface area contributed by atoms with Crippen LogP contribution in [0.2, 0.25) is 0 Å². The van der Waals surface area contributed by atoms with Crippen molar-refractivity contribution in [1.82, 2.24) is 10.7 Å². The van der Waals surface area contributed by atoms with Crippen molar-refractivity contribution in [3.05, 3.63) is 59.7 Å². The zero-order chi connectivity index (χ0) is 19.9. The number of ether oxygens (including phenoxy) is 2. The van der Waals surface area contributed by atoms with E-state index in [0.717, 1.165) is 12.0 Å². The van der Waals surface area contributed by atoms with E-state index in [-0.39, 0.29) is 24.5 Å². The van der Waals surface area contributed by atoms with Crippen molar-refractivity contribution in [3.8, 4) is 11.5 Å². The van der Waals surface area contributed by atoms with Crippen molar-refractivity contribution in [3.63, 3.8) is 0 Å². The molecule has 2 aromatic rings. The van der Waals surface area contributed by atoms with Gasteiger partial charge in [0.1, 0.15) is 6.04 Å². The van der Waals surface area contributed by atoms with Crippen molar-refractivity contribution in [2.45, 2.75) is 26.3 Å². The molecule has 0 saturated heterocycles. The van der Waals surface area contributed by atoms with Gasteiger partial charge in [-0.05, 0) is 41.8 Å². The molecule has 0 bridgehead atoms. The average molecular weight is 381 g/mol. The molecule has 1 aliphatic rings. The van der Waals surface area contributed by atoms with Crippen molar-refractivity contribution < 1.29 is 19.1 Å². The SMILES string of the molecule is CC[C@H](C)[C@H](NC(=O)c1ccccc1)C(=O)NN=Cc1ccc2c(c1)OCO2. The van der Waals surface area contributed by atoms with E-state index in [1.54, 1.807) is 36.4 Å². The quantitative estimate of drug-likeness (QED) is 0.570. The van der Waals surface area contributed by atoms with Gasteiger partial charge in [-0.2, -0.15) is 5.10 Å². The Bertz CT molecular complexity index is 867. The Morgan fingerprint density at radius 2 is 1.89 bits per heavy atom. The molecule has 146 valence electrons. The fourth-order valence-electron chi connectivity index (χ4n) is 2.75. The van der Waals surface area contributed by atoms with Crippen LogP contribution in [0.25, 0.3) is 0 Å². The third-order valence-electron chi connectivity index (χ3n) is 4.60. The second-order valence-corrected chi connectivity index (χ2v) is 6.55. The number of rotatable bonds is 7. The van der Waals surface area contributed by atoms with Crippen LogP contribution in [0.3, 0.4) is 0 Å². The molecule has 7 heteroatoms. The Labute approximate surface area is 163 Å². The largest absolute Gasteiger partial charge is 0.454 e. The zero-order valence-corrected chi connectivity index (χ0v) is 15.8. The summed E-state index contributed by atoms with van der Waals surface area (Å²) in [5.41, 5.74) is 3.78. The molecule has 0 saturated carbocycles. The zero-order valence-electron chi connectivity index (χ0n) is 15.8. The predicted molar refractivity (Wildman–Crippen MR) is 105 cm³/mol. The van der Waals surface area contributed by atoms with E-state index in [4.69, 9.17) is 9.47 Å². The lowest BCUT2D eigenvalue weighted by atomic mass is 9.98. The van der Waals surface area contributed by atoms with E-state index >= 15 is 0 Å². The molecule has 0 radical (unpaired) electrons. The second kappa shape index (κ2) is 9.03. The van der Waals surface area contributed by atoms with Crippen molar-refractivity contribution in [2.24, 2.45) is 11.0 Å². The molecule has 28 heavy (non-hydrogen) atoms. The second-order valence-electron chi connectivity index (χ2n) is 6.55. The summed E-state index contributed by atoms with van der Waals surface area (Å²) in [5, 5.41) is 6.82. The van der Waals surface area contributed by atoms with Crippen LogP contribution in [0.4, 0.5) is 0 Å². The van der Waals surface area contributed by atoms with Gasteiger partial charge in [0.25, 0.3) is 11.8 Å². The molecule has 2 aromatic carbocycles. The van der Waals surface area contributed by atoms with E-state index in [1.165, 1.54) is 6.21 Å². The normalized spacial score (nSPS) is 14.5. The van der Waals surface area contributed by atoms with Crippen LogP contribution >= 0.6 is 0 Å². The van der Waals surface area contributed by atoms with Gasteiger partial charge in [-0.25, -0.2) is 5.43 Å². The monoisotopic (exact) mass is 381 g/mol. The maximum atomic E-state index is 12.6. The number of fused-ring (bicyclic) bond motifs is 1. The van der Waals surface area contributed by atoms with Crippen molar-refractivity contribution in [2.75, 3.05) is 6.79 Å². The highest BCUT2D eigenvalue weighted by molar-refractivity contribution is 5.97. The smallest absolute Gasteiger partial charge is 0.262 e. The predicted octanol–water partition coefficient (Wildman–Crippen LogP) is 2.71. The molecule has 0 spiro atoms. The molecule has 0 unspecified atom stereocenters. The van der Waals surface area contributed by atoms with Crippen LogP contribution in [0.5, 0.6) is 11.5 Å². The summed E-state index contributed by atoms with van der Waals surface area (Å²) in [4.78, 5) is 25.0. The van der Waals surface area contributed by atoms with Gasteiger partial charge in [0, 0.05) is 5.56 Å². The molecule has 3 rings (SSSR count). The number of hydrazone groups is 1. The highest BCUT2D eigenvalue weighted by Gasteiger charge is 2.26. The number of benzene rings is 2. The topological polar surface area (TPSA) is 89.0 Å². The Balaban J connectivity index is 1.63. The molecule has 0 fully saturated rings. The third kappa shape index (κ3) is 4.68. The number of carbonyl (C=O) groups is 2. The first-order chi connectivity index (χ1) is 13.6. The van der Waals surface area contributed by atoms with E-state index < -0.39 is 6.04 Å². The number of nitrogens with zero attached hydrogens (tertiary/aromatic N) is 1. The third-order valence-corrected chi connectivity index (χ3v) is 4.60. The Hall–Kier alpha value is -3.35. The van der Waals surface area contributed by atoms with E-state index in [2.05, 4.69) is 15.8 Å². The number of nitrogens with one attached hydrogen (secondary N) is 2. The van der Waals surface area contributed by atoms with Crippen LogP contribution < -0.4 is 20.2 Å². The molecule has 1 heterocycles. The molecule has 7 nitrogen and oxygen atoms in total. The van der Waals surface area contributed by atoms with Gasteiger partial charge < -0.3 is 14.8 Å². The molecule has 0 aliphatic carbocycles. The number of hydrogen-bond donors (Lipinski definition) is 2. The van der Waals surface area contributed by atoms with Gasteiger partial charge in [-0.15, -0.1) is 0 Å². The van der Waals surface area contributed by atoms with E-state index in [9.17, 15) is 9.59 Å². The summed E-state index contributed by atoms with van der Waals surface area (Å²) >= 11 is 0. The van der Waals surface area contributed by atoms with Crippen LogP contribution in [0, 0.1) is 5.92 Å². The lowest BCUT2D eigenvalue weighted by Crippen LogP contribution is -2.49. The molecule has 0 aromatic heterocycles. The lowest BCUT2D eigenvalue weighted by molar-refractivity contribution is -0.124. The lowest BCUT2D eigenvalue weighted by Gasteiger charge is -2.22. The minimum atomic E-state index is -0.688. The first-order valence-corrected chi connectivity index (χ1v) is 9.17. The first-order valence-electron chi connectivity index (χ1n) is 9.17. The van der Waals surface area contributed by atoms with Gasteiger partial charge in [0.15, 0.2) is 11.5 Å². The highest BCUT2D eigenvalue weighted by Crippen LogP contribution is 2.31. The first kappa shape index (κ1) is 19.4. The van der Waals surface area contributed by atoms with Crippen LogP contribution in [-0.4, -0.2) is 30.9 Å². The molecule has 2 N–H and O–H groups in total. The fourth-order valence-corrected chi connectivity index (χ4v) is 2.75. The van der Waals surface area contributed by atoms with Crippen LogP contribution in [0.1, 0.15) is 36.2 Å². The number of hydrogen-bond acceptors (Lipinski definition) is 5. The summed E-state index contributed by atoms with van der Waals surface area (Å²) in [7, 11) is 0. The van der Waals surface area contributed by atoms with Gasteiger partial charge >= 0.3 is 0 Å². The van der Waals surface area contributed by atoms with Gasteiger partial charge in [0.2, 0.25) is 6.79 Å². The summed E-state index contributed by atoms with van der Waals surface area (Å²) in [6.07, 6.45) is 2.26.